The first-order valence-electron chi connectivity index (χ1n) is 4.70. The van der Waals surface area contributed by atoms with Gasteiger partial charge in [-0.1, -0.05) is 0 Å². The molecule has 18 N–H and O–H groups in total. The molecule has 0 atom stereocenters. The van der Waals surface area contributed by atoms with Crippen LogP contribution in [0.3, 0.4) is 0 Å². The Hall–Kier alpha value is 10.7. The first-order chi connectivity index (χ1) is 12.0. The molecule has 224 valence electrons. The van der Waals surface area contributed by atoms with E-state index in [1.807, 2.05) is 0 Å². The zero-order valence-corrected chi connectivity index (χ0v) is 18.5. The Kier molecular flexibility index (Phi) is 116. The van der Waals surface area contributed by atoms with Gasteiger partial charge in [0.25, 0.3) is 0 Å². The maximum atomic E-state index is 8.88. The molecule has 0 heterocycles. The summed E-state index contributed by atoms with van der Waals surface area (Å²) in [6, 6.07) is 0. The van der Waals surface area contributed by atoms with Crippen molar-refractivity contribution in [3.63, 3.8) is 0 Å². The van der Waals surface area contributed by atoms with Crippen LogP contribution in [0.2, 0.25) is 0 Å². The number of hydrogen-bond acceptors (Lipinski definition) is 6. The molecule has 24 nitrogen and oxygen atoms in total. The van der Waals surface area contributed by atoms with Crippen LogP contribution in [0.25, 0.3) is 0 Å². The summed E-state index contributed by atoms with van der Waals surface area (Å²) in [5, 5.41) is 0. The Morgan fingerprint density at radius 1 is 0.184 bits per heavy atom. The molecule has 0 saturated heterocycles. The van der Waals surface area contributed by atoms with E-state index < -0.39 is 46.9 Å². The average molecular weight is 925 g/mol. The minimum absolute atomic E-state index is 0. The van der Waals surface area contributed by atoms with Crippen LogP contribution < -0.4 is 0 Å². The molecule has 38 heavy (non-hydrogen) atoms. The fraction of sp³-hybridized carbons (Fsp3) is 0. The zero-order valence-electron chi connectivity index (χ0n) is 13.2. The molecule has 38 heteroatoms. The van der Waals surface area contributed by atoms with Gasteiger partial charge in [0, 0.05) is 0 Å². The van der Waals surface area contributed by atoms with E-state index in [0.29, 0.717) is 0 Å². The third kappa shape index (κ3) is 848. The van der Waals surface area contributed by atoms with Gasteiger partial charge in [0.05, 0.1) is 0 Å². The number of rotatable bonds is 0. The van der Waals surface area contributed by atoms with Crippen molar-refractivity contribution in [1.29, 1.82) is 0 Å². The fourth-order valence-corrected chi connectivity index (χ4v) is 0. The van der Waals surface area contributed by atoms with Gasteiger partial charge in [0.1, 0.15) is 0 Å². The van der Waals surface area contributed by atoms with Crippen molar-refractivity contribution in [2.75, 3.05) is 0 Å². The monoisotopic (exact) mass is 924 g/mol. The molecule has 0 saturated carbocycles. The van der Waals surface area contributed by atoms with Crippen LogP contribution in [0, 0.1) is 0 Å². The van der Waals surface area contributed by atoms with E-state index in [2.05, 4.69) is 0 Å². The molecule has 0 bridgehead atoms. The normalized spacial score (nSPS) is 9.32. The first kappa shape index (κ1) is 92.0. The van der Waals surface area contributed by atoms with E-state index in [1.165, 1.54) is 0 Å². The molecule has 0 fully saturated rings. The molecule has 0 aromatic heterocycles. The SMILES string of the molecule is O=P(O)(O)O.O=P(O)(O)O.O=P(O)(O)O.O=P(O)(O)O.O=P(O)(O)O.O=P(O)(O)O.[CaH2].[CaH2].[CaH2].[CaH2].[CaH2].[CaH2].[CaH2].[CaH2]. The second-order valence-electron chi connectivity index (χ2n) is 3.08. The molecule has 0 aliphatic rings. The second kappa shape index (κ2) is 47.7. The molecule has 0 aliphatic carbocycles. The van der Waals surface area contributed by atoms with Crippen molar-refractivity contribution in [3.8, 4) is 0 Å². The molecule has 0 radical (unpaired) electrons. The molecule has 0 unspecified atom stereocenters. The van der Waals surface area contributed by atoms with Crippen molar-refractivity contribution >= 4 is 349 Å². The Morgan fingerprint density at radius 3 is 0.184 bits per heavy atom. The van der Waals surface area contributed by atoms with E-state index >= 15 is 0 Å². The number of phosphoric acid groups is 6. The molecule has 0 amide bonds. The van der Waals surface area contributed by atoms with Gasteiger partial charge in [-0.2, -0.15) is 0 Å². The molecule has 0 spiro atoms. The quantitative estimate of drug-likeness (QED) is 0.0792. The van der Waals surface area contributed by atoms with Crippen LogP contribution in [0.15, 0.2) is 0 Å². The van der Waals surface area contributed by atoms with E-state index in [1.54, 1.807) is 0 Å². The Balaban J connectivity index is -0.0000000145. The molecule has 0 aliphatic heterocycles. The van der Waals surface area contributed by atoms with Gasteiger partial charge < -0.3 is 88.1 Å². The van der Waals surface area contributed by atoms with Gasteiger partial charge in [-0.3, -0.25) is 0 Å². The molecular formula is H34Ca8O24P6. The van der Waals surface area contributed by atoms with E-state index in [4.69, 9.17) is 115 Å². The van der Waals surface area contributed by atoms with Gasteiger partial charge in [-0.15, -0.1) is 0 Å². The summed E-state index contributed by atoms with van der Waals surface area (Å²) in [6.07, 6.45) is 0. The molecule has 0 rings (SSSR count). The van der Waals surface area contributed by atoms with Gasteiger partial charge >= 0.3 is 349 Å². The minimum atomic E-state index is -4.64. The summed E-state index contributed by atoms with van der Waals surface area (Å²) >= 11 is 0. The maximum absolute atomic E-state index is 8.88. The molecular weight excluding hydrogens is 890 g/mol. The van der Waals surface area contributed by atoms with Crippen LogP contribution in [-0.2, 0) is 27.4 Å². The van der Waals surface area contributed by atoms with E-state index in [-0.39, 0.29) is 302 Å². The van der Waals surface area contributed by atoms with Crippen molar-refractivity contribution < 1.29 is 115 Å². The fourth-order valence-electron chi connectivity index (χ4n) is 0. The summed E-state index contributed by atoms with van der Waals surface area (Å²) in [5.41, 5.74) is 0. The van der Waals surface area contributed by atoms with Crippen molar-refractivity contribution in [2.24, 2.45) is 0 Å². The summed E-state index contributed by atoms with van der Waals surface area (Å²) in [5.74, 6) is 0. The van der Waals surface area contributed by atoms with Crippen LogP contribution in [0.4, 0.5) is 0 Å². The summed E-state index contributed by atoms with van der Waals surface area (Å²) in [4.78, 5) is 129. The molecule has 0 aromatic carbocycles. The van der Waals surface area contributed by atoms with Crippen molar-refractivity contribution in [1.82, 2.24) is 0 Å². The topological polar surface area (TPSA) is 467 Å². The summed E-state index contributed by atoms with van der Waals surface area (Å²) in [7, 11) is -27.8. The van der Waals surface area contributed by atoms with Crippen molar-refractivity contribution in [2.45, 2.75) is 0 Å². The summed E-state index contributed by atoms with van der Waals surface area (Å²) < 4.78 is 53.3. The molecule has 0 aromatic rings. The number of hydrogen-bond donors (Lipinski definition) is 18. The van der Waals surface area contributed by atoms with E-state index in [9.17, 15) is 0 Å². The third-order valence-electron chi connectivity index (χ3n) is 0. The Labute approximate surface area is 452 Å². The Bertz CT molecular complexity index is 482. The average Bonchev–Trinajstić information content (AvgIpc) is 1.94. The van der Waals surface area contributed by atoms with Gasteiger partial charge in [-0.05, 0) is 0 Å². The van der Waals surface area contributed by atoms with Crippen LogP contribution in [0.1, 0.15) is 0 Å². The summed E-state index contributed by atoms with van der Waals surface area (Å²) in [6.45, 7) is 0. The standard InChI is InChI=1S/8Ca.6H3O4P.16H/c;;;;;;;;6*1-5(2,3)4;;;;;;;;;;;;;;;;/h;;;;;;;;6*(H3,1,2,3,4);;;;;;;;;;;;;;;;. The first-order valence-corrected chi connectivity index (χ1v) is 14.1. The van der Waals surface area contributed by atoms with Crippen LogP contribution >= 0.6 is 46.9 Å². The van der Waals surface area contributed by atoms with Crippen molar-refractivity contribution in [3.05, 3.63) is 0 Å². The van der Waals surface area contributed by atoms with E-state index in [0.717, 1.165) is 0 Å². The van der Waals surface area contributed by atoms with Gasteiger partial charge in [0.15, 0.2) is 0 Å². The van der Waals surface area contributed by atoms with Crippen LogP contribution in [0.5, 0.6) is 0 Å². The third-order valence-corrected chi connectivity index (χ3v) is 0. The zero-order chi connectivity index (χ0) is 27.0. The Morgan fingerprint density at radius 2 is 0.184 bits per heavy atom. The predicted octanol–water partition coefficient (Wildman–Crippen LogP) is -12.9. The van der Waals surface area contributed by atoms with Gasteiger partial charge in [-0.25, -0.2) is 27.4 Å². The predicted molar refractivity (Wildman–Crippen MR) is 154 cm³/mol. The van der Waals surface area contributed by atoms with Crippen LogP contribution in [-0.4, -0.2) is 390 Å². The van der Waals surface area contributed by atoms with Gasteiger partial charge in [0.2, 0.25) is 0 Å². The second-order valence-corrected chi connectivity index (χ2v) is 9.24.